The van der Waals surface area contributed by atoms with Crippen molar-refractivity contribution in [2.24, 2.45) is 0 Å². The number of rotatable bonds is 5. The molecular weight excluding hydrogens is 338 g/mol. The van der Waals surface area contributed by atoms with E-state index in [-0.39, 0.29) is 18.2 Å². The van der Waals surface area contributed by atoms with Gasteiger partial charge in [-0.15, -0.1) is 0 Å². The molecule has 5 nitrogen and oxygen atoms in total. The third-order valence-electron chi connectivity index (χ3n) is 4.30. The van der Waals surface area contributed by atoms with E-state index in [1.54, 1.807) is 48.5 Å². The van der Waals surface area contributed by atoms with Crippen molar-refractivity contribution < 1.29 is 9.59 Å². The summed E-state index contributed by atoms with van der Waals surface area (Å²) in [6.45, 7) is 0.286. The summed E-state index contributed by atoms with van der Waals surface area (Å²) in [4.78, 5) is 29.9. The first-order chi connectivity index (χ1) is 13.2. The number of benzene rings is 2. The maximum atomic E-state index is 12.8. The van der Waals surface area contributed by atoms with Crippen molar-refractivity contribution in [3.8, 4) is 0 Å². The molecule has 0 aliphatic heterocycles. The molecule has 1 amide bonds. The average molecular weight is 355 g/mol. The zero-order valence-corrected chi connectivity index (χ0v) is 14.5. The summed E-state index contributed by atoms with van der Waals surface area (Å²) < 4.78 is 1.90. The van der Waals surface area contributed by atoms with Crippen LogP contribution in [0.15, 0.2) is 85.2 Å². The fourth-order valence-corrected chi connectivity index (χ4v) is 2.96. The lowest BCUT2D eigenvalue weighted by Gasteiger charge is -2.09. The van der Waals surface area contributed by atoms with Crippen molar-refractivity contribution in [1.82, 2.24) is 14.7 Å². The number of nitrogens with one attached hydrogen (secondary N) is 1. The van der Waals surface area contributed by atoms with Crippen LogP contribution in [0.5, 0.6) is 0 Å². The second-order valence-corrected chi connectivity index (χ2v) is 6.12. The van der Waals surface area contributed by atoms with Crippen LogP contribution >= 0.6 is 0 Å². The number of carbonyl (C=O) groups is 2. The van der Waals surface area contributed by atoms with E-state index in [1.165, 1.54) is 0 Å². The molecule has 0 aliphatic rings. The number of nitrogens with zero attached hydrogens (tertiary/aromatic N) is 2. The van der Waals surface area contributed by atoms with Crippen LogP contribution < -0.4 is 5.32 Å². The highest BCUT2D eigenvalue weighted by Gasteiger charge is 2.17. The highest BCUT2D eigenvalue weighted by molar-refractivity contribution is 6.15. The molecule has 5 heteroatoms. The summed E-state index contributed by atoms with van der Waals surface area (Å²) in [6.07, 6.45) is 3.78. The van der Waals surface area contributed by atoms with Crippen molar-refractivity contribution in [3.05, 3.63) is 108 Å². The quantitative estimate of drug-likeness (QED) is 0.557. The molecule has 0 fully saturated rings. The van der Waals surface area contributed by atoms with Gasteiger partial charge in [-0.3, -0.25) is 9.59 Å². The van der Waals surface area contributed by atoms with Crippen molar-refractivity contribution >= 4 is 17.3 Å². The van der Waals surface area contributed by atoms with Gasteiger partial charge >= 0.3 is 0 Å². The minimum Gasteiger partial charge on any atom is -0.346 e. The highest BCUT2D eigenvalue weighted by atomic mass is 16.2. The summed E-state index contributed by atoms with van der Waals surface area (Å²) >= 11 is 0. The van der Waals surface area contributed by atoms with Gasteiger partial charge in [0.15, 0.2) is 5.78 Å². The summed E-state index contributed by atoms with van der Waals surface area (Å²) in [5, 5.41) is 2.86. The molecule has 27 heavy (non-hydrogen) atoms. The second kappa shape index (κ2) is 7.25. The van der Waals surface area contributed by atoms with Gasteiger partial charge in [0.1, 0.15) is 5.65 Å². The van der Waals surface area contributed by atoms with E-state index in [4.69, 9.17) is 0 Å². The van der Waals surface area contributed by atoms with E-state index in [0.29, 0.717) is 16.7 Å². The Morgan fingerprint density at radius 1 is 0.852 bits per heavy atom. The van der Waals surface area contributed by atoms with E-state index in [1.807, 2.05) is 41.1 Å². The van der Waals surface area contributed by atoms with Crippen LogP contribution in [0.2, 0.25) is 0 Å². The SMILES string of the molecule is O=C(NCc1cn2ccccc2n1)c1ccccc1C(=O)c1ccccc1. The smallest absolute Gasteiger partial charge is 0.252 e. The summed E-state index contributed by atoms with van der Waals surface area (Å²) in [6, 6.07) is 21.5. The topological polar surface area (TPSA) is 63.5 Å². The zero-order valence-electron chi connectivity index (χ0n) is 14.5. The first kappa shape index (κ1) is 16.7. The molecule has 0 spiro atoms. The first-order valence-electron chi connectivity index (χ1n) is 8.62. The maximum Gasteiger partial charge on any atom is 0.252 e. The predicted octanol–water partition coefficient (Wildman–Crippen LogP) is 3.50. The van der Waals surface area contributed by atoms with E-state index in [2.05, 4.69) is 10.3 Å². The fraction of sp³-hybridized carbons (Fsp3) is 0.0455. The van der Waals surface area contributed by atoms with Crippen LogP contribution in [-0.2, 0) is 6.54 Å². The lowest BCUT2D eigenvalue weighted by Crippen LogP contribution is -2.25. The molecule has 132 valence electrons. The first-order valence-corrected chi connectivity index (χ1v) is 8.62. The van der Waals surface area contributed by atoms with Gasteiger partial charge in [-0.2, -0.15) is 0 Å². The minimum absolute atomic E-state index is 0.172. The Balaban J connectivity index is 1.54. The Labute approximate surface area is 156 Å². The molecular formula is C22H17N3O2. The molecule has 0 saturated carbocycles. The van der Waals surface area contributed by atoms with Crippen LogP contribution in [0, 0.1) is 0 Å². The number of hydrogen-bond acceptors (Lipinski definition) is 3. The number of amides is 1. The average Bonchev–Trinajstić information content (AvgIpc) is 3.15. The van der Waals surface area contributed by atoms with Gasteiger partial charge in [0.2, 0.25) is 0 Å². The second-order valence-electron chi connectivity index (χ2n) is 6.12. The van der Waals surface area contributed by atoms with E-state index in [9.17, 15) is 9.59 Å². The van der Waals surface area contributed by atoms with Crippen LogP contribution in [0.3, 0.4) is 0 Å². The number of ketones is 1. The Kier molecular flexibility index (Phi) is 4.49. The molecule has 2 aromatic heterocycles. The van der Waals surface area contributed by atoms with Gasteiger partial charge in [-0.05, 0) is 18.2 Å². The number of imidazole rings is 1. The molecule has 0 radical (unpaired) electrons. The van der Waals surface area contributed by atoms with Crippen LogP contribution in [0.4, 0.5) is 0 Å². The molecule has 0 bridgehead atoms. The van der Waals surface area contributed by atoms with Crippen molar-refractivity contribution in [1.29, 1.82) is 0 Å². The van der Waals surface area contributed by atoms with Gasteiger partial charge in [0, 0.05) is 23.5 Å². The van der Waals surface area contributed by atoms with Crippen molar-refractivity contribution in [3.63, 3.8) is 0 Å². The number of aromatic nitrogens is 2. The Morgan fingerprint density at radius 3 is 2.33 bits per heavy atom. The van der Waals surface area contributed by atoms with Gasteiger partial charge in [-0.1, -0.05) is 54.6 Å². The summed E-state index contributed by atoms with van der Waals surface area (Å²) in [7, 11) is 0. The molecule has 2 heterocycles. The van der Waals surface area contributed by atoms with E-state index >= 15 is 0 Å². The van der Waals surface area contributed by atoms with Crippen LogP contribution in [0.25, 0.3) is 5.65 Å². The Hall–Kier alpha value is -3.73. The van der Waals surface area contributed by atoms with E-state index < -0.39 is 0 Å². The lowest BCUT2D eigenvalue weighted by molar-refractivity contribution is 0.0939. The maximum absolute atomic E-state index is 12.8. The molecule has 0 atom stereocenters. The Bertz CT molecular complexity index is 1080. The zero-order chi connectivity index (χ0) is 18.6. The number of carbonyl (C=O) groups excluding carboxylic acids is 2. The Morgan fingerprint density at radius 2 is 1.56 bits per heavy atom. The molecule has 4 rings (SSSR count). The number of hydrogen-bond donors (Lipinski definition) is 1. The van der Waals surface area contributed by atoms with Crippen molar-refractivity contribution in [2.75, 3.05) is 0 Å². The normalized spacial score (nSPS) is 10.7. The molecule has 0 saturated heterocycles. The third-order valence-corrected chi connectivity index (χ3v) is 4.30. The predicted molar refractivity (Wildman–Crippen MR) is 103 cm³/mol. The molecule has 0 aliphatic carbocycles. The third kappa shape index (κ3) is 3.48. The number of fused-ring (bicyclic) bond motifs is 1. The summed E-state index contributed by atoms with van der Waals surface area (Å²) in [5.74, 6) is -0.471. The van der Waals surface area contributed by atoms with E-state index in [0.717, 1.165) is 11.3 Å². The van der Waals surface area contributed by atoms with Crippen LogP contribution in [-0.4, -0.2) is 21.1 Å². The van der Waals surface area contributed by atoms with Crippen LogP contribution in [0.1, 0.15) is 32.0 Å². The number of pyridine rings is 1. The van der Waals surface area contributed by atoms with Gasteiger partial charge in [-0.25, -0.2) is 4.98 Å². The van der Waals surface area contributed by atoms with Gasteiger partial charge in [0.25, 0.3) is 5.91 Å². The monoisotopic (exact) mass is 355 g/mol. The highest BCUT2D eigenvalue weighted by Crippen LogP contribution is 2.15. The summed E-state index contributed by atoms with van der Waals surface area (Å²) in [5.41, 5.74) is 2.87. The molecule has 1 N–H and O–H groups in total. The standard InChI is InChI=1S/C22H17N3O2/c26-21(16-8-2-1-3-9-16)18-10-4-5-11-19(18)22(27)23-14-17-15-25-13-7-6-12-20(25)24-17/h1-13,15H,14H2,(H,23,27). The largest absolute Gasteiger partial charge is 0.346 e. The minimum atomic E-state index is -0.299. The fourth-order valence-electron chi connectivity index (χ4n) is 2.96. The van der Waals surface area contributed by atoms with Gasteiger partial charge in [0.05, 0.1) is 17.8 Å². The molecule has 4 aromatic rings. The van der Waals surface area contributed by atoms with Crippen molar-refractivity contribution in [2.45, 2.75) is 6.54 Å². The molecule has 0 unspecified atom stereocenters. The lowest BCUT2D eigenvalue weighted by atomic mass is 9.98. The molecule has 2 aromatic carbocycles. The van der Waals surface area contributed by atoms with Gasteiger partial charge < -0.3 is 9.72 Å².